The SMILES string of the molecule is Cc1ccccc1C1CC(C)N(C(=O)C2(C)CCNC2)C1. The molecule has 0 aliphatic carbocycles. The van der Waals surface area contributed by atoms with Crippen LogP contribution < -0.4 is 5.32 Å². The van der Waals surface area contributed by atoms with E-state index in [9.17, 15) is 4.79 Å². The second kappa shape index (κ2) is 5.45. The van der Waals surface area contributed by atoms with Crippen LogP contribution >= 0.6 is 0 Å². The maximum atomic E-state index is 12.9. The van der Waals surface area contributed by atoms with E-state index in [4.69, 9.17) is 0 Å². The van der Waals surface area contributed by atoms with Crippen LogP contribution in [0.2, 0.25) is 0 Å². The average molecular weight is 286 g/mol. The van der Waals surface area contributed by atoms with Gasteiger partial charge in [0, 0.05) is 25.0 Å². The minimum absolute atomic E-state index is 0.200. The molecule has 2 aliphatic rings. The fourth-order valence-electron chi connectivity index (χ4n) is 3.93. The van der Waals surface area contributed by atoms with Crippen molar-refractivity contribution in [3.63, 3.8) is 0 Å². The van der Waals surface area contributed by atoms with Crippen molar-refractivity contribution in [2.24, 2.45) is 5.41 Å². The number of nitrogens with one attached hydrogen (secondary N) is 1. The smallest absolute Gasteiger partial charge is 0.230 e. The molecule has 0 saturated carbocycles. The molecule has 3 atom stereocenters. The fraction of sp³-hybridized carbons (Fsp3) is 0.611. The number of hydrogen-bond donors (Lipinski definition) is 1. The Kier molecular flexibility index (Phi) is 3.78. The molecule has 1 aromatic carbocycles. The lowest BCUT2D eigenvalue weighted by atomic mass is 9.88. The van der Waals surface area contributed by atoms with Crippen molar-refractivity contribution >= 4 is 5.91 Å². The van der Waals surface area contributed by atoms with E-state index in [0.29, 0.717) is 17.9 Å². The van der Waals surface area contributed by atoms with Crippen molar-refractivity contribution in [2.45, 2.75) is 45.6 Å². The number of carbonyl (C=O) groups excluding carboxylic acids is 1. The number of likely N-dealkylation sites (tertiary alicyclic amines) is 1. The van der Waals surface area contributed by atoms with Crippen molar-refractivity contribution in [3.05, 3.63) is 35.4 Å². The van der Waals surface area contributed by atoms with Crippen LogP contribution in [0.3, 0.4) is 0 Å². The van der Waals surface area contributed by atoms with Gasteiger partial charge >= 0.3 is 0 Å². The minimum atomic E-state index is -0.200. The summed E-state index contributed by atoms with van der Waals surface area (Å²) in [6, 6.07) is 8.94. The number of aryl methyl sites for hydroxylation is 1. The summed E-state index contributed by atoms with van der Waals surface area (Å²) in [7, 11) is 0. The Morgan fingerprint density at radius 1 is 1.38 bits per heavy atom. The summed E-state index contributed by atoms with van der Waals surface area (Å²) in [6.45, 7) is 9.15. The van der Waals surface area contributed by atoms with E-state index in [-0.39, 0.29) is 5.41 Å². The zero-order valence-electron chi connectivity index (χ0n) is 13.4. The van der Waals surface area contributed by atoms with Gasteiger partial charge < -0.3 is 10.2 Å². The topological polar surface area (TPSA) is 32.3 Å². The van der Waals surface area contributed by atoms with Gasteiger partial charge in [-0.05, 0) is 51.3 Å². The summed E-state index contributed by atoms with van der Waals surface area (Å²) in [5.41, 5.74) is 2.56. The average Bonchev–Trinajstić information content (AvgIpc) is 3.06. The maximum absolute atomic E-state index is 12.9. The molecule has 0 radical (unpaired) electrons. The second-order valence-electron chi connectivity index (χ2n) is 7.08. The highest BCUT2D eigenvalue weighted by atomic mass is 16.2. The van der Waals surface area contributed by atoms with Crippen molar-refractivity contribution in [3.8, 4) is 0 Å². The van der Waals surface area contributed by atoms with Gasteiger partial charge in [-0.15, -0.1) is 0 Å². The first-order valence-corrected chi connectivity index (χ1v) is 8.08. The Balaban J connectivity index is 1.77. The summed E-state index contributed by atoms with van der Waals surface area (Å²) >= 11 is 0. The summed E-state index contributed by atoms with van der Waals surface area (Å²) in [6.07, 6.45) is 2.05. The monoisotopic (exact) mass is 286 g/mol. The van der Waals surface area contributed by atoms with Crippen molar-refractivity contribution in [1.29, 1.82) is 0 Å². The largest absolute Gasteiger partial charge is 0.339 e. The summed E-state index contributed by atoms with van der Waals surface area (Å²) in [5.74, 6) is 0.833. The molecule has 1 aromatic rings. The Bertz CT molecular complexity index is 534. The van der Waals surface area contributed by atoms with Crippen molar-refractivity contribution in [1.82, 2.24) is 10.2 Å². The Morgan fingerprint density at radius 2 is 2.14 bits per heavy atom. The Morgan fingerprint density at radius 3 is 2.81 bits per heavy atom. The molecule has 2 saturated heterocycles. The lowest BCUT2D eigenvalue weighted by Crippen LogP contribution is -2.45. The van der Waals surface area contributed by atoms with E-state index in [2.05, 4.69) is 55.3 Å². The van der Waals surface area contributed by atoms with E-state index in [1.807, 2.05) is 0 Å². The number of rotatable bonds is 2. The minimum Gasteiger partial charge on any atom is -0.339 e. The van der Waals surface area contributed by atoms with Crippen LogP contribution in [-0.4, -0.2) is 36.5 Å². The molecule has 2 aliphatic heterocycles. The zero-order chi connectivity index (χ0) is 15.0. The number of nitrogens with zero attached hydrogens (tertiary/aromatic N) is 1. The first kappa shape index (κ1) is 14.6. The van der Waals surface area contributed by atoms with E-state index < -0.39 is 0 Å². The summed E-state index contributed by atoms with van der Waals surface area (Å²) in [5, 5.41) is 3.34. The van der Waals surface area contributed by atoms with E-state index in [0.717, 1.165) is 32.5 Å². The molecule has 1 N–H and O–H groups in total. The highest BCUT2D eigenvalue weighted by Crippen LogP contribution is 2.37. The number of hydrogen-bond acceptors (Lipinski definition) is 2. The third-order valence-electron chi connectivity index (χ3n) is 5.35. The number of carbonyl (C=O) groups is 1. The third kappa shape index (κ3) is 2.59. The van der Waals surface area contributed by atoms with Gasteiger partial charge in [0.15, 0.2) is 0 Å². The lowest BCUT2D eigenvalue weighted by Gasteiger charge is -2.31. The molecular weight excluding hydrogens is 260 g/mol. The lowest BCUT2D eigenvalue weighted by molar-refractivity contribution is -0.140. The van der Waals surface area contributed by atoms with Gasteiger partial charge in [-0.1, -0.05) is 24.3 Å². The summed E-state index contributed by atoms with van der Waals surface area (Å²) < 4.78 is 0. The van der Waals surface area contributed by atoms with Crippen LogP contribution in [0.5, 0.6) is 0 Å². The van der Waals surface area contributed by atoms with Gasteiger partial charge in [0.2, 0.25) is 5.91 Å². The molecule has 114 valence electrons. The molecular formula is C18H26N2O. The molecule has 3 rings (SSSR count). The molecule has 0 aromatic heterocycles. The van der Waals surface area contributed by atoms with Gasteiger partial charge in [0.1, 0.15) is 0 Å². The molecule has 2 fully saturated rings. The number of amides is 1. The zero-order valence-corrected chi connectivity index (χ0v) is 13.4. The first-order valence-electron chi connectivity index (χ1n) is 8.08. The third-order valence-corrected chi connectivity index (χ3v) is 5.35. The van der Waals surface area contributed by atoms with Crippen LogP contribution in [0, 0.1) is 12.3 Å². The normalized spacial score (nSPS) is 32.6. The van der Waals surface area contributed by atoms with Gasteiger partial charge in [0.25, 0.3) is 0 Å². The highest BCUT2D eigenvalue weighted by Gasteiger charge is 2.43. The standard InChI is InChI=1S/C18H26N2O/c1-13-6-4-5-7-16(13)15-10-14(2)20(11-15)17(21)18(3)8-9-19-12-18/h4-7,14-15,19H,8-12H2,1-3H3. The van der Waals surface area contributed by atoms with E-state index >= 15 is 0 Å². The highest BCUT2D eigenvalue weighted by molar-refractivity contribution is 5.83. The van der Waals surface area contributed by atoms with Crippen molar-refractivity contribution in [2.75, 3.05) is 19.6 Å². The summed E-state index contributed by atoms with van der Waals surface area (Å²) in [4.78, 5) is 15.1. The van der Waals surface area contributed by atoms with Crippen LogP contribution in [0.25, 0.3) is 0 Å². The van der Waals surface area contributed by atoms with Crippen LogP contribution in [0.15, 0.2) is 24.3 Å². The maximum Gasteiger partial charge on any atom is 0.230 e. The molecule has 2 heterocycles. The quantitative estimate of drug-likeness (QED) is 0.906. The van der Waals surface area contributed by atoms with Gasteiger partial charge in [0.05, 0.1) is 5.41 Å². The van der Waals surface area contributed by atoms with E-state index in [1.165, 1.54) is 11.1 Å². The van der Waals surface area contributed by atoms with Gasteiger partial charge in [-0.25, -0.2) is 0 Å². The molecule has 3 unspecified atom stereocenters. The van der Waals surface area contributed by atoms with Gasteiger partial charge in [-0.2, -0.15) is 0 Å². The Labute approximate surface area is 127 Å². The first-order chi connectivity index (χ1) is 10.0. The molecule has 3 heteroatoms. The molecule has 0 bridgehead atoms. The van der Waals surface area contributed by atoms with Gasteiger partial charge in [-0.3, -0.25) is 4.79 Å². The molecule has 3 nitrogen and oxygen atoms in total. The van der Waals surface area contributed by atoms with Crippen LogP contribution in [0.4, 0.5) is 0 Å². The fourth-order valence-corrected chi connectivity index (χ4v) is 3.93. The predicted octanol–water partition coefficient (Wildman–Crippen LogP) is 2.70. The molecule has 1 amide bonds. The van der Waals surface area contributed by atoms with Crippen LogP contribution in [0.1, 0.15) is 43.7 Å². The second-order valence-corrected chi connectivity index (χ2v) is 7.08. The Hall–Kier alpha value is -1.35. The predicted molar refractivity (Wildman–Crippen MR) is 85.3 cm³/mol. The molecule has 0 spiro atoms. The number of benzene rings is 1. The molecule has 21 heavy (non-hydrogen) atoms. The van der Waals surface area contributed by atoms with Crippen molar-refractivity contribution < 1.29 is 4.79 Å². The van der Waals surface area contributed by atoms with E-state index in [1.54, 1.807) is 0 Å². The van der Waals surface area contributed by atoms with Crippen LogP contribution in [-0.2, 0) is 4.79 Å².